The van der Waals surface area contributed by atoms with E-state index in [1.807, 2.05) is 17.7 Å². The van der Waals surface area contributed by atoms with E-state index in [4.69, 9.17) is 0 Å². The van der Waals surface area contributed by atoms with Gasteiger partial charge in [-0.15, -0.1) is 5.10 Å². The van der Waals surface area contributed by atoms with E-state index < -0.39 is 0 Å². The van der Waals surface area contributed by atoms with Gasteiger partial charge in [-0.25, -0.2) is 4.68 Å². The highest BCUT2D eigenvalue weighted by Gasteiger charge is 2.36. The summed E-state index contributed by atoms with van der Waals surface area (Å²) in [6.07, 6.45) is 9.60. The van der Waals surface area contributed by atoms with Crippen molar-refractivity contribution in [2.24, 2.45) is 0 Å². The number of aromatic nitrogens is 5. The normalized spacial score (nSPS) is 19.9. The highest BCUT2D eigenvalue weighted by atomic mass is 16.1. The van der Waals surface area contributed by atoms with Crippen LogP contribution in [-0.2, 0) is 0 Å². The van der Waals surface area contributed by atoms with Gasteiger partial charge >= 0.3 is 0 Å². The van der Waals surface area contributed by atoms with Crippen molar-refractivity contribution in [3.63, 3.8) is 0 Å². The molecule has 3 aromatic rings. The van der Waals surface area contributed by atoms with Gasteiger partial charge in [0.25, 0.3) is 5.56 Å². The number of quaternary nitrogens is 1. The molecule has 1 atom stereocenters. The van der Waals surface area contributed by atoms with Gasteiger partial charge in [-0.3, -0.25) is 4.79 Å². The van der Waals surface area contributed by atoms with Crippen LogP contribution in [0.1, 0.15) is 80.4 Å². The van der Waals surface area contributed by atoms with Gasteiger partial charge in [0.1, 0.15) is 0 Å². The standard InChI is InChI=1S/C23H30N6O/c1-16-10-11-17-15-19(23(30)24-20(17)14-16)21(28-12-6-3-7-13-28)22-25-26-27-29(22)18-8-4-2-5-9-18/h10-11,14-15,18,21H,2-9,12-13H2,1H3,(H,24,30)/p+1/t21-/m0/s1. The number of tetrazole rings is 1. The first-order valence-corrected chi connectivity index (χ1v) is 11.5. The van der Waals surface area contributed by atoms with Gasteiger partial charge in [-0.05, 0) is 72.5 Å². The molecule has 0 unspecified atom stereocenters. The van der Waals surface area contributed by atoms with Crippen LogP contribution in [0.15, 0.2) is 29.1 Å². The van der Waals surface area contributed by atoms with E-state index in [-0.39, 0.29) is 11.6 Å². The molecule has 2 aromatic heterocycles. The molecule has 1 aromatic carbocycles. The maximum atomic E-state index is 13.3. The summed E-state index contributed by atoms with van der Waals surface area (Å²) in [6, 6.07) is 8.51. The highest BCUT2D eigenvalue weighted by molar-refractivity contribution is 5.79. The van der Waals surface area contributed by atoms with Crippen molar-refractivity contribution in [3.8, 4) is 0 Å². The Hall–Kier alpha value is -2.54. The minimum Gasteiger partial charge on any atom is -0.322 e. The Morgan fingerprint density at radius 1 is 1.07 bits per heavy atom. The third-order valence-corrected chi connectivity index (χ3v) is 6.94. The lowest BCUT2D eigenvalue weighted by Gasteiger charge is -2.32. The van der Waals surface area contributed by atoms with Crippen molar-refractivity contribution in [1.29, 1.82) is 0 Å². The lowest BCUT2D eigenvalue weighted by Crippen LogP contribution is -3.13. The summed E-state index contributed by atoms with van der Waals surface area (Å²) in [5.41, 5.74) is 2.80. The van der Waals surface area contributed by atoms with Crippen LogP contribution in [-0.4, -0.2) is 38.3 Å². The Balaban J connectivity index is 1.63. The van der Waals surface area contributed by atoms with Crippen molar-refractivity contribution in [3.05, 3.63) is 51.6 Å². The smallest absolute Gasteiger partial charge is 0.258 e. The molecule has 2 fully saturated rings. The molecule has 1 aliphatic carbocycles. The number of benzene rings is 1. The van der Waals surface area contributed by atoms with E-state index in [1.165, 1.54) is 43.4 Å². The summed E-state index contributed by atoms with van der Waals surface area (Å²) in [5.74, 6) is 0.857. The van der Waals surface area contributed by atoms with Gasteiger partial charge in [-0.2, -0.15) is 0 Å². The Morgan fingerprint density at radius 3 is 2.63 bits per heavy atom. The number of piperidine rings is 1. The third-order valence-electron chi connectivity index (χ3n) is 6.94. The molecule has 1 saturated heterocycles. The van der Waals surface area contributed by atoms with E-state index in [0.717, 1.165) is 53.8 Å². The molecule has 1 saturated carbocycles. The average Bonchev–Trinajstić information content (AvgIpc) is 3.25. The molecule has 7 heteroatoms. The summed E-state index contributed by atoms with van der Waals surface area (Å²) in [7, 11) is 0. The highest BCUT2D eigenvalue weighted by Crippen LogP contribution is 2.30. The second-order valence-corrected chi connectivity index (χ2v) is 9.07. The molecule has 158 valence electrons. The summed E-state index contributed by atoms with van der Waals surface area (Å²) >= 11 is 0. The average molecular weight is 408 g/mol. The molecule has 2 aliphatic rings. The van der Waals surface area contributed by atoms with Crippen LogP contribution in [0.25, 0.3) is 10.9 Å². The summed E-state index contributed by atoms with van der Waals surface area (Å²) in [4.78, 5) is 17.8. The number of pyridine rings is 1. The molecule has 0 radical (unpaired) electrons. The van der Waals surface area contributed by atoms with Crippen LogP contribution < -0.4 is 10.5 Å². The largest absolute Gasteiger partial charge is 0.322 e. The number of rotatable bonds is 4. The monoisotopic (exact) mass is 407 g/mol. The Bertz CT molecular complexity index is 1070. The molecule has 3 heterocycles. The number of hydrogen-bond donors (Lipinski definition) is 2. The summed E-state index contributed by atoms with van der Waals surface area (Å²) < 4.78 is 2.05. The van der Waals surface area contributed by atoms with Crippen molar-refractivity contribution in [1.82, 2.24) is 25.2 Å². The predicted octanol–water partition coefficient (Wildman–Crippen LogP) is 2.49. The van der Waals surface area contributed by atoms with Gasteiger partial charge in [-0.1, -0.05) is 31.4 Å². The van der Waals surface area contributed by atoms with Crippen molar-refractivity contribution in [2.45, 2.75) is 70.4 Å². The number of aryl methyl sites for hydroxylation is 1. The fraction of sp³-hybridized carbons (Fsp3) is 0.565. The van der Waals surface area contributed by atoms with Crippen molar-refractivity contribution >= 4 is 10.9 Å². The minimum atomic E-state index is -0.128. The van der Waals surface area contributed by atoms with E-state index in [1.54, 1.807) is 0 Å². The second kappa shape index (κ2) is 8.30. The SMILES string of the molecule is Cc1ccc2cc([C@@H](c3nnnn3C3CCCCC3)[NH+]3CCCCC3)c(=O)[nH]c2c1. The first-order chi connectivity index (χ1) is 14.7. The fourth-order valence-electron chi connectivity index (χ4n) is 5.36. The van der Waals surface area contributed by atoms with Gasteiger partial charge in [0.15, 0.2) is 6.04 Å². The third kappa shape index (κ3) is 3.67. The first kappa shape index (κ1) is 19.4. The zero-order chi connectivity index (χ0) is 20.5. The number of nitrogens with one attached hydrogen (secondary N) is 2. The number of fused-ring (bicyclic) bond motifs is 1. The first-order valence-electron chi connectivity index (χ1n) is 11.5. The molecule has 2 N–H and O–H groups in total. The number of aromatic amines is 1. The predicted molar refractivity (Wildman–Crippen MR) is 116 cm³/mol. The van der Waals surface area contributed by atoms with Crippen LogP contribution >= 0.6 is 0 Å². The maximum Gasteiger partial charge on any atom is 0.258 e. The van der Waals surface area contributed by atoms with Crippen LogP contribution in [0.4, 0.5) is 0 Å². The van der Waals surface area contributed by atoms with Gasteiger partial charge in [0.05, 0.1) is 24.7 Å². The van der Waals surface area contributed by atoms with E-state index in [0.29, 0.717) is 6.04 Å². The topological polar surface area (TPSA) is 80.9 Å². The van der Waals surface area contributed by atoms with E-state index in [9.17, 15) is 4.79 Å². The van der Waals surface area contributed by atoms with Gasteiger partial charge in [0.2, 0.25) is 5.82 Å². The fourth-order valence-corrected chi connectivity index (χ4v) is 5.36. The number of hydrogen-bond acceptors (Lipinski definition) is 4. The molecule has 7 nitrogen and oxygen atoms in total. The van der Waals surface area contributed by atoms with Crippen molar-refractivity contribution < 1.29 is 4.90 Å². The molecule has 5 rings (SSSR count). The molecular formula is C23H31N6O+. The van der Waals surface area contributed by atoms with Crippen LogP contribution in [0.3, 0.4) is 0 Å². The Morgan fingerprint density at radius 2 is 1.83 bits per heavy atom. The number of likely N-dealkylation sites (tertiary alicyclic amines) is 1. The lowest BCUT2D eigenvalue weighted by molar-refractivity contribution is -0.931. The maximum absolute atomic E-state index is 13.3. The molecule has 0 amide bonds. The molecular weight excluding hydrogens is 376 g/mol. The lowest BCUT2D eigenvalue weighted by atomic mass is 9.94. The molecule has 1 aliphatic heterocycles. The van der Waals surface area contributed by atoms with E-state index in [2.05, 4.69) is 38.7 Å². The van der Waals surface area contributed by atoms with Crippen LogP contribution in [0.5, 0.6) is 0 Å². The summed E-state index contributed by atoms with van der Waals surface area (Å²) in [5, 5.41) is 14.1. The number of nitrogens with zero attached hydrogens (tertiary/aromatic N) is 4. The molecule has 30 heavy (non-hydrogen) atoms. The van der Waals surface area contributed by atoms with Crippen LogP contribution in [0.2, 0.25) is 0 Å². The summed E-state index contributed by atoms with van der Waals surface area (Å²) in [6.45, 7) is 4.14. The quantitative estimate of drug-likeness (QED) is 0.696. The van der Waals surface area contributed by atoms with E-state index >= 15 is 0 Å². The Kier molecular flexibility index (Phi) is 5.37. The minimum absolute atomic E-state index is 0.0191. The van der Waals surface area contributed by atoms with Crippen LogP contribution in [0, 0.1) is 6.92 Å². The zero-order valence-corrected chi connectivity index (χ0v) is 17.7. The van der Waals surface area contributed by atoms with Gasteiger partial charge in [0, 0.05) is 5.52 Å². The zero-order valence-electron chi connectivity index (χ0n) is 17.7. The van der Waals surface area contributed by atoms with Crippen molar-refractivity contribution in [2.75, 3.05) is 13.1 Å². The second-order valence-electron chi connectivity index (χ2n) is 9.07. The molecule has 0 bridgehead atoms. The van der Waals surface area contributed by atoms with Gasteiger partial charge < -0.3 is 9.88 Å². The molecule has 0 spiro atoms. The Labute approximate surface area is 176 Å². The number of H-pyrrole nitrogens is 1.